The van der Waals surface area contributed by atoms with Gasteiger partial charge in [-0.3, -0.25) is 9.78 Å². The van der Waals surface area contributed by atoms with Crippen molar-refractivity contribution in [3.63, 3.8) is 0 Å². The van der Waals surface area contributed by atoms with Gasteiger partial charge in [0.25, 0.3) is 0 Å². The number of benzene rings is 2. The van der Waals surface area contributed by atoms with Crippen LogP contribution in [-0.4, -0.2) is 63.8 Å². The van der Waals surface area contributed by atoms with Crippen molar-refractivity contribution < 1.29 is 4.79 Å². The van der Waals surface area contributed by atoms with Crippen LogP contribution >= 0.6 is 12.4 Å². The Balaban J connectivity index is 0.00000294. The van der Waals surface area contributed by atoms with Gasteiger partial charge in [0.05, 0.1) is 46.0 Å². The first-order valence-corrected chi connectivity index (χ1v) is 12.5. The molecule has 38 heavy (non-hydrogen) atoms. The molecule has 0 radical (unpaired) electrons. The summed E-state index contributed by atoms with van der Waals surface area (Å²) in [7, 11) is 4.25. The van der Waals surface area contributed by atoms with Crippen molar-refractivity contribution in [2.24, 2.45) is 0 Å². The van der Waals surface area contributed by atoms with Crippen LogP contribution in [0.5, 0.6) is 0 Å². The van der Waals surface area contributed by atoms with Gasteiger partial charge in [-0.2, -0.15) is 0 Å². The molecule has 1 fully saturated rings. The highest BCUT2D eigenvalue weighted by Crippen LogP contribution is 2.34. The van der Waals surface area contributed by atoms with E-state index in [2.05, 4.69) is 68.4 Å². The van der Waals surface area contributed by atoms with Gasteiger partial charge in [0.2, 0.25) is 0 Å². The first-order valence-electron chi connectivity index (χ1n) is 12.5. The molecule has 4 heterocycles. The van der Waals surface area contributed by atoms with Crippen LogP contribution in [0.3, 0.4) is 0 Å². The number of aromatic nitrogens is 4. The minimum Gasteiger partial charge on any atom is -0.355 e. The van der Waals surface area contributed by atoms with E-state index in [1.807, 2.05) is 30.5 Å². The number of fused-ring (bicyclic) bond motifs is 2. The van der Waals surface area contributed by atoms with Crippen molar-refractivity contribution >= 4 is 57.3 Å². The molecule has 0 spiro atoms. The molecule has 0 saturated carbocycles. The van der Waals surface area contributed by atoms with E-state index in [9.17, 15) is 4.79 Å². The molecule has 1 aliphatic rings. The molecule has 1 saturated heterocycles. The number of carbonyl (C=O) groups excluding carboxylic acids is 1. The van der Waals surface area contributed by atoms with Crippen LogP contribution in [0.4, 0.5) is 17.2 Å². The van der Waals surface area contributed by atoms with Gasteiger partial charge < -0.3 is 20.1 Å². The van der Waals surface area contributed by atoms with Crippen LogP contribution in [-0.2, 0) is 0 Å². The number of hydrogen-bond acceptors (Lipinski definition) is 7. The fourth-order valence-corrected chi connectivity index (χ4v) is 5.05. The molecule has 9 heteroatoms. The van der Waals surface area contributed by atoms with Crippen LogP contribution in [0.1, 0.15) is 23.7 Å². The summed E-state index contributed by atoms with van der Waals surface area (Å²) >= 11 is 0. The third-order valence-electron chi connectivity index (χ3n) is 7.24. The molecule has 0 bridgehead atoms. The Morgan fingerprint density at radius 2 is 1.79 bits per heavy atom. The average Bonchev–Trinajstić information content (AvgIpc) is 3.59. The molecular formula is C29H30ClN7O. The molecular weight excluding hydrogens is 498 g/mol. The summed E-state index contributed by atoms with van der Waals surface area (Å²) < 4.78 is 0. The Bertz CT molecular complexity index is 1610. The lowest BCUT2D eigenvalue weighted by molar-refractivity contribution is 0.101. The summed E-state index contributed by atoms with van der Waals surface area (Å²) in [4.78, 5) is 33.9. The standard InChI is InChI=1S/C29H29N7O.ClH/c1-18(37)24-15-30-25-7-4-19(20-5-8-26-27(13-20)33-17-32-26)12-23(25)29(24)34-21-6-9-28(31-14-21)36-11-10-22(16-36)35(2)3;/h4-9,12-15,17,22H,10-11,16H2,1-3H3,(H,30,34)(H,32,33);1H. The third-order valence-corrected chi connectivity index (χ3v) is 7.24. The van der Waals surface area contributed by atoms with Crippen molar-refractivity contribution in [1.82, 2.24) is 24.8 Å². The van der Waals surface area contributed by atoms with Crippen molar-refractivity contribution in [3.8, 4) is 11.1 Å². The van der Waals surface area contributed by atoms with E-state index in [0.717, 1.165) is 69.8 Å². The highest BCUT2D eigenvalue weighted by Gasteiger charge is 2.24. The van der Waals surface area contributed by atoms with E-state index in [1.54, 1.807) is 19.4 Å². The summed E-state index contributed by atoms with van der Waals surface area (Å²) in [5, 5.41) is 4.36. The maximum absolute atomic E-state index is 12.6. The highest BCUT2D eigenvalue weighted by molar-refractivity contribution is 6.08. The Morgan fingerprint density at radius 1 is 1.00 bits per heavy atom. The van der Waals surface area contributed by atoms with E-state index in [-0.39, 0.29) is 18.2 Å². The third kappa shape index (κ3) is 4.80. The molecule has 1 unspecified atom stereocenters. The Hall–Kier alpha value is -4.01. The molecule has 0 amide bonds. The van der Waals surface area contributed by atoms with Crippen LogP contribution in [0.2, 0.25) is 0 Å². The van der Waals surface area contributed by atoms with E-state index < -0.39 is 0 Å². The number of anilines is 3. The van der Waals surface area contributed by atoms with Gasteiger partial charge in [-0.05, 0) is 75.0 Å². The van der Waals surface area contributed by atoms with Crippen molar-refractivity contribution in [1.29, 1.82) is 0 Å². The van der Waals surface area contributed by atoms with Gasteiger partial charge in [-0.1, -0.05) is 12.1 Å². The smallest absolute Gasteiger partial charge is 0.163 e. The molecule has 1 aliphatic heterocycles. The van der Waals surface area contributed by atoms with E-state index in [4.69, 9.17) is 4.98 Å². The number of ketones is 1. The maximum atomic E-state index is 12.6. The van der Waals surface area contributed by atoms with Gasteiger partial charge in [0, 0.05) is 30.7 Å². The van der Waals surface area contributed by atoms with Gasteiger partial charge >= 0.3 is 0 Å². The topological polar surface area (TPSA) is 90.0 Å². The van der Waals surface area contributed by atoms with Crippen molar-refractivity contribution in [2.45, 2.75) is 19.4 Å². The molecule has 1 atom stereocenters. The van der Waals surface area contributed by atoms with Crippen LogP contribution in [0, 0.1) is 0 Å². The van der Waals surface area contributed by atoms with E-state index in [1.165, 1.54) is 0 Å². The van der Waals surface area contributed by atoms with Gasteiger partial charge in [0.15, 0.2) is 5.78 Å². The number of pyridine rings is 2. The molecule has 3 aromatic heterocycles. The van der Waals surface area contributed by atoms with Crippen LogP contribution in [0.15, 0.2) is 67.3 Å². The predicted molar refractivity (Wildman–Crippen MR) is 156 cm³/mol. The molecule has 2 aromatic carbocycles. The molecule has 0 aliphatic carbocycles. The number of nitrogens with one attached hydrogen (secondary N) is 2. The Labute approximate surface area is 227 Å². The number of rotatable bonds is 6. The lowest BCUT2D eigenvalue weighted by Crippen LogP contribution is -2.31. The summed E-state index contributed by atoms with van der Waals surface area (Å²) in [6, 6.07) is 16.9. The number of halogens is 1. The minimum atomic E-state index is -0.0439. The van der Waals surface area contributed by atoms with Gasteiger partial charge in [0.1, 0.15) is 5.82 Å². The molecule has 8 nitrogen and oxygen atoms in total. The monoisotopic (exact) mass is 527 g/mol. The summed E-state index contributed by atoms with van der Waals surface area (Å²) in [5.74, 6) is 0.926. The summed E-state index contributed by atoms with van der Waals surface area (Å²) in [6.07, 6.45) is 6.32. The second-order valence-corrected chi connectivity index (χ2v) is 9.85. The minimum absolute atomic E-state index is 0. The SMILES string of the molecule is CC(=O)c1cnc2ccc(-c3ccc4nc[nH]c4c3)cc2c1Nc1ccc(N2CCC(N(C)C)C2)nc1.Cl. The normalized spacial score (nSPS) is 15.3. The number of imidazole rings is 1. The summed E-state index contributed by atoms with van der Waals surface area (Å²) in [6.45, 7) is 3.54. The number of nitrogens with zero attached hydrogens (tertiary/aromatic N) is 5. The number of H-pyrrole nitrogens is 1. The van der Waals surface area contributed by atoms with Crippen LogP contribution in [0.25, 0.3) is 33.1 Å². The fourth-order valence-electron chi connectivity index (χ4n) is 5.05. The predicted octanol–water partition coefficient (Wildman–Crippen LogP) is 5.68. The number of aromatic amines is 1. The fraction of sp³-hybridized carbons (Fsp3) is 0.241. The van der Waals surface area contributed by atoms with E-state index >= 15 is 0 Å². The first-order chi connectivity index (χ1) is 18.0. The molecule has 6 rings (SSSR count). The van der Waals surface area contributed by atoms with E-state index in [0.29, 0.717) is 11.6 Å². The van der Waals surface area contributed by atoms with Gasteiger partial charge in [-0.25, -0.2) is 9.97 Å². The second-order valence-electron chi connectivity index (χ2n) is 9.85. The first kappa shape index (κ1) is 25.6. The second kappa shape index (κ2) is 10.4. The maximum Gasteiger partial charge on any atom is 0.163 e. The molecule has 5 aromatic rings. The van der Waals surface area contributed by atoms with Crippen molar-refractivity contribution in [3.05, 3.63) is 72.8 Å². The summed E-state index contributed by atoms with van der Waals surface area (Å²) in [5.41, 5.74) is 6.93. The number of likely N-dealkylation sites (N-methyl/N-ethyl adjacent to an activating group) is 1. The molecule has 2 N–H and O–H groups in total. The van der Waals surface area contributed by atoms with Gasteiger partial charge in [-0.15, -0.1) is 12.4 Å². The lowest BCUT2D eigenvalue weighted by atomic mass is 10.00. The zero-order valence-electron chi connectivity index (χ0n) is 21.6. The Morgan fingerprint density at radius 3 is 2.50 bits per heavy atom. The zero-order chi connectivity index (χ0) is 25.5. The number of hydrogen-bond donors (Lipinski definition) is 2. The average molecular weight is 528 g/mol. The highest BCUT2D eigenvalue weighted by atomic mass is 35.5. The molecule has 194 valence electrons. The zero-order valence-corrected chi connectivity index (χ0v) is 22.4. The lowest BCUT2D eigenvalue weighted by Gasteiger charge is -2.21. The van der Waals surface area contributed by atoms with Crippen LogP contribution < -0.4 is 10.2 Å². The number of Topliss-reactive ketones (excluding diaryl/α,β-unsaturated/α-hetero) is 1. The van der Waals surface area contributed by atoms with Crippen molar-refractivity contribution in [2.75, 3.05) is 37.4 Å². The quantitative estimate of drug-likeness (QED) is 0.274. The number of carbonyl (C=O) groups is 1. The largest absolute Gasteiger partial charge is 0.355 e. The Kier molecular flexibility index (Phi) is 7.01.